The summed E-state index contributed by atoms with van der Waals surface area (Å²) in [5.74, 6) is -0.589. The number of esters is 1. The molecule has 0 aliphatic rings. The molecule has 3 aromatic rings. The van der Waals surface area contributed by atoms with Gasteiger partial charge in [0.1, 0.15) is 5.52 Å². The number of amides is 1. The van der Waals surface area contributed by atoms with Gasteiger partial charge in [-0.25, -0.2) is 9.78 Å². The molecule has 0 radical (unpaired) electrons. The summed E-state index contributed by atoms with van der Waals surface area (Å²) >= 11 is 0. The number of fused-ring (bicyclic) bond motifs is 1. The third kappa shape index (κ3) is 5.54. The fourth-order valence-electron chi connectivity index (χ4n) is 2.82. The van der Waals surface area contributed by atoms with Gasteiger partial charge in [-0.05, 0) is 38.5 Å². The number of hydrogen-bond donors (Lipinski definition) is 0. The van der Waals surface area contributed by atoms with Gasteiger partial charge >= 0.3 is 5.97 Å². The number of benzene rings is 2. The minimum absolute atomic E-state index is 0.259. The number of carbonyl (C=O) groups is 2. The van der Waals surface area contributed by atoms with Crippen molar-refractivity contribution in [3.05, 3.63) is 72.1 Å². The fraction of sp³-hybridized carbons (Fsp3) is 0.261. The van der Waals surface area contributed by atoms with Crippen LogP contribution < -0.4 is 0 Å². The molecule has 0 spiro atoms. The van der Waals surface area contributed by atoms with E-state index in [-0.39, 0.29) is 12.5 Å². The number of oxazole rings is 1. The summed E-state index contributed by atoms with van der Waals surface area (Å²) in [6.45, 7) is 5.95. The maximum atomic E-state index is 12.7. The van der Waals surface area contributed by atoms with Crippen molar-refractivity contribution in [1.82, 2.24) is 9.88 Å². The lowest BCUT2D eigenvalue weighted by Gasteiger charge is -2.35. The van der Waals surface area contributed by atoms with E-state index in [2.05, 4.69) is 4.98 Å². The van der Waals surface area contributed by atoms with Crippen LogP contribution in [0.5, 0.6) is 0 Å². The maximum absolute atomic E-state index is 12.7. The second kappa shape index (κ2) is 8.73. The van der Waals surface area contributed by atoms with Crippen LogP contribution in [0.3, 0.4) is 0 Å². The van der Waals surface area contributed by atoms with Gasteiger partial charge in [-0.15, -0.1) is 0 Å². The summed E-state index contributed by atoms with van der Waals surface area (Å²) < 4.78 is 10.6. The van der Waals surface area contributed by atoms with Gasteiger partial charge in [0.05, 0.1) is 0 Å². The third-order valence-corrected chi connectivity index (χ3v) is 4.30. The quantitative estimate of drug-likeness (QED) is 0.464. The van der Waals surface area contributed by atoms with Crippen LogP contribution >= 0.6 is 0 Å². The lowest BCUT2D eigenvalue weighted by atomic mass is 10.0. The second-order valence-corrected chi connectivity index (χ2v) is 7.60. The van der Waals surface area contributed by atoms with Crippen LogP contribution in [0.1, 0.15) is 32.2 Å². The Balaban J connectivity index is 1.59. The Labute approximate surface area is 169 Å². The van der Waals surface area contributed by atoms with Crippen LogP contribution in [0.15, 0.2) is 65.1 Å². The first-order valence-corrected chi connectivity index (χ1v) is 9.38. The molecule has 0 saturated heterocycles. The molecule has 0 N–H and O–H groups in total. The van der Waals surface area contributed by atoms with Crippen molar-refractivity contribution in [2.24, 2.45) is 0 Å². The van der Waals surface area contributed by atoms with Gasteiger partial charge in [0.2, 0.25) is 5.89 Å². The van der Waals surface area contributed by atoms with E-state index in [0.717, 1.165) is 5.56 Å². The summed E-state index contributed by atoms with van der Waals surface area (Å²) in [7, 11) is 0. The molecule has 1 amide bonds. The topological polar surface area (TPSA) is 72.6 Å². The molecule has 6 heteroatoms. The van der Waals surface area contributed by atoms with Crippen molar-refractivity contribution < 1.29 is 18.7 Å². The first-order chi connectivity index (χ1) is 13.8. The molecule has 0 fully saturated rings. The Morgan fingerprint density at radius 3 is 2.45 bits per heavy atom. The average Bonchev–Trinajstić information content (AvgIpc) is 3.11. The molecule has 0 saturated carbocycles. The zero-order valence-electron chi connectivity index (χ0n) is 16.8. The minimum Gasteiger partial charge on any atom is -0.452 e. The zero-order valence-corrected chi connectivity index (χ0v) is 16.8. The van der Waals surface area contributed by atoms with Gasteiger partial charge in [-0.1, -0.05) is 42.5 Å². The van der Waals surface area contributed by atoms with Crippen LogP contribution in [0.25, 0.3) is 17.2 Å². The van der Waals surface area contributed by atoms with E-state index in [1.54, 1.807) is 11.0 Å². The van der Waals surface area contributed by atoms with E-state index < -0.39 is 11.5 Å². The van der Waals surface area contributed by atoms with Crippen molar-refractivity contribution in [1.29, 1.82) is 0 Å². The number of ether oxygens (including phenoxy) is 1. The SMILES string of the molecule is CC(C)(C)N(Cc1ccccc1)C(=O)COC(=O)/C=C/c1nc2ccccc2o1. The van der Waals surface area contributed by atoms with E-state index in [4.69, 9.17) is 9.15 Å². The maximum Gasteiger partial charge on any atom is 0.331 e. The first kappa shape index (κ1) is 20.3. The fourth-order valence-corrected chi connectivity index (χ4v) is 2.82. The van der Waals surface area contributed by atoms with E-state index in [1.165, 1.54) is 12.2 Å². The van der Waals surface area contributed by atoms with Crippen molar-refractivity contribution in [2.45, 2.75) is 32.9 Å². The summed E-state index contributed by atoms with van der Waals surface area (Å²) in [4.78, 5) is 30.6. The van der Waals surface area contributed by atoms with Gasteiger partial charge in [0, 0.05) is 24.2 Å². The molecule has 0 bridgehead atoms. The van der Waals surface area contributed by atoms with Crippen molar-refractivity contribution >= 4 is 29.1 Å². The highest BCUT2D eigenvalue weighted by Gasteiger charge is 2.27. The van der Waals surface area contributed by atoms with Gasteiger partial charge in [-0.2, -0.15) is 0 Å². The normalized spacial score (nSPS) is 11.7. The second-order valence-electron chi connectivity index (χ2n) is 7.60. The number of aromatic nitrogens is 1. The Kier molecular flexibility index (Phi) is 6.12. The lowest BCUT2D eigenvalue weighted by molar-refractivity contribution is -0.151. The van der Waals surface area contributed by atoms with Gasteiger partial charge in [-0.3, -0.25) is 4.79 Å². The molecule has 6 nitrogen and oxygen atoms in total. The predicted molar refractivity (Wildman–Crippen MR) is 111 cm³/mol. The highest BCUT2D eigenvalue weighted by molar-refractivity contribution is 5.89. The zero-order chi connectivity index (χ0) is 20.9. The molecule has 29 heavy (non-hydrogen) atoms. The average molecular weight is 392 g/mol. The predicted octanol–water partition coefficient (Wildman–Crippen LogP) is 4.21. The smallest absolute Gasteiger partial charge is 0.331 e. The van der Waals surface area contributed by atoms with E-state index in [1.807, 2.05) is 69.3 Å². The van der Waals surface area contributed by atoms with Crippen LogP contribution in [-0.4, -0.2) is 33.9 Å². The standard InChI is InChI=1S/C23H24N2O4/c1-23(2,3)25(15-17-9-5-4-6-10-17)21(26)16-28-22(27)14-13-20-24-18-11-7-8-12-19(18)29-20/h4-14H,15-16H2,1-3H3/b14-13+. The summed E-state index contributed by atoms with van der Waals surface area (Å²) in [6.07, 6.45) is 2.63. The molecule has 0 aliphatic heterocycles. The van der Waals surface area contributed by atoms with E-state index in [0.29, 0.717) is 23.5 Å². The Bertz CT molecular complexity index is 983. The van der Waals surface area contributed by atoms with Gasteiger partial charge in [0.25, 0.3) is 5.91 Å². The monoisotopic (exact) mass is 392 g/mol. The van der Waals surface area contributed by atoms with E-state index in [9.17, 15) is 9.59 Å². The summed E-state index contributed by atoms with van der Waals surface area (Å²) in [5.41, 5.74) is 1.95. The number of nitrogens with zero attached hydrogens (tertiary/aromatic N) is 2. The number of para-hydroxylation sites is 2. The van der Waals surface area contributed by atoms with Crippen LogP contribution in [0, 0.1) is 0 Å². The third-order valence-electron chi connectivity index (χ3n) is 4.30. The molecule has 0 aliphatic carbocycles. The van der Waals surface area contributed by atoms with Crippen LogP contribution in [-0.2, 0) is 20.9 Å². The molecular weight excluding hydrogens is 368 g/mol. The Morgan fingerprint density at radius 1 is 1.07 bits per heavy atom. The van der Waals surface area contributed by atoms with Crippen molar-refractivity contribution in [3.8, 4) is 0 Å². The van der Waals surface area contributed by atoms with Gasteiger partial charge in [0.15, 0.2) is 12.2 Å². The molecule has 0 unspecified atom stereocenters. The van der Waals surface area contributed by atoms with Gasteiger partial charge < -0.3 is 14.1 Å². The first-order valence-electron chi connectivity index (χ1n) is 9.38. The lowest BCUT2D eigenvalue weighted by Crippen LogP contribution is -2.46. The molecular formula is C23H24N2O4. The largest absolute Gasteiger partial charge is 0.452 e. The molecule has 0 atom stereocenters. The highest BCUT2D eigenvalue weighted by atomic mass is 16.5. The van der Waals surface area contributed by atoms with Crippen LogP contribution in [0.2, 0.25) is 0 Å². The molecule has 1 aromatic heterocycles. The van der Waals surface area contributed by atoms with E-state index >= 15 is 0 Å². The van der Waals surface area contributed by atoms with Crippen molar-refractivity contribution in [3.63, 3.8) is 0 Å². The molecule has 1 heterocycles. The Hall–Kier alpha value is -3.41. The van der Waals surface area contributed by atoms with Crippen molar-refractivity contribution in [2.75, 3.05) is 6.61 Å². The number of rotatable bonds is 6. The molecule has 150 valence electrons. The number of hydrogen-bond acceptors (Lipinski definition) is 5. The minimum atomic E-state index is -0.630. The molecule has 3 rings (SSSR count). The molecule has 2 aromatic carbocycles. The number of carbonyl (C=O) groups excluding carboxylic acids is 2. The Morgan fingerprint density at radius 2 is 1.76 bits per heavy atom. The van der Waals surface area contributed by atoms with Crippen LogP contribution in [0.4, 0.5) is 0 Å². The summed E-state index contributed by atoms with van der Waals surface area (Å²) in [5, 5.41) is 0. The highest BCUT2D eigenvalue weighted by Crippen LogP contribution is 2.18. The summed E-state index contributed by atoms with van der Waals surface area (Å²) in [6, 6.07) is 17.0.